The Morgan fingerprint density at radius 2 is 1.93 bits per heavy atom. The largest absolute Gasteiger partial charge is 0.436 e. The molecule has 136 valence electrons. The zero-order chi connectivity index (χ0) is 19.5. The number of non-ortho nitro benzene ring substituents is 1. The number of hydrogen-bond acceptors (Lipinski definition) is 6. The van der Waals surface area contributed by atoms with Crippen LogP contribution in [0.3, 0.4) is 0 Å². The van der Waals surface area contributed by atoms with Gasteiger partial charge in [-0.05, 0) is 35.9 Å². The van der Waals surface area contributed by atoms with Crippen LogP contribution in [-0.4, -0.2) is 20.7 Å². The van der Waals surface area contributed by atoms with E-state index in [4.69, 9.17) is 4.42 Å². The van der Waals surface area contributed by atoms with Gasteiger partial charge in [0.15, 0.2) is 11.4 Å². The molecule has 0 radical (unpaired) electrons. The van der Waals surface area contributed by atoms with Crippen molar-refractivity contribution in [2.24, 2.45) is 0 Å². The number of allylic oxidation sites excluding steroid dienone is 1. The van der Waals surface area contributed by atoms with E-state index >= 15 is 0 Å². The first-order valence-electron chi connectivity index (χ1n) is 8.38. The molecule has 0 aliphatic rings. The minimum Gasteiger partial charge on any atom is -0.436 e. The van der Waals surface area contributed by atoms with Crippen molar-refractivity contribution in [3.63, 3.8) is 0 Å². The molecule has 0 aliphatic carbocycles. The second-order valence-electron chi connectivity index (χ2n) is 5.97. The van der Waals surface area contributed by atoms with Gasteiger partial charge in [0.2, 0.25) is 5.89 Å². The lowest BCUT2D eigenvalue weighted by molar-refractivity contribution is -0.384. The van der Waals surface area contributed by atoms with Gasteiger partial charge in [0, 0.05) is 30.1 Å². The second-order valence-corrected chi connectivity index (χ2v) is 5.97. The van der Waals surface area contributed by atoms with Gasteiger partial charge in [0.05, 0.1) is 10.5 Å². The standard InChI is InChI=1S/C21H13N3O4/c25-20(15-6-4-10-22-13-15)17(12-14-5-3-7-16(11-14)24(26)27)21-23-18-8-1-2-9-19(18)28-21/h1-13H/b17-12+. The van der Waals surface area contributed by atoms with Gasteiger partial charge >= 0.3 is 0 Å². The minimum atomic E-state index is -0.487. The van der Waals surface area contributed by atoms with Gasteiger partial charge in [-0.1, -0.05) is 24.3 Å². The Hall–Kier alpha value is -4.13. The third-order valence-corrected chi connectivity index (χ3v) is 4.08. The highest BCUT2D eigenvalue weighted by molar-refractivity contribution is 6.31. The Morgan fingerprint density at radius 3 is 2.68 bits per heavy atom. The van der Waals surface area contributed by atoms with Crippen molar-refractivity contribution in [2.45, 2.75) is 0 Å². The molecule has 0 N–H and O–H groups in total. The van der Waals surface area contributed by atoms with E-state index in [1.807, 2.05) is 12.1 Å². The summed E-state index contributed by atoms with van der Waals surface area (Å²) in [6.07, 6.45) is 4.56. The summed E-state index contributed by atoms with van der Waals surface area (Å²) in [5.74, 6) is -0.201. The van der Waals surface area contributed by atoms with E-state index in [1.54, 1.807) is 42.6 Å². The summed E-state index contributed by atoms with van der Waals surface area (Å²) >= 11 is 0. The van der Waals surface area contributed by atoms with Crippen LogP contribution in [0.25, 0.3) is 22.7 Å². The number of aromatic nitrogens is 2. The van der Waals surface area contributed by atoms with Crippen molar-refractivity contribution in [3.8, 4) is 0 Å². The van der Waals surface area contributed by atoms with Crippen LogP contribution in [0.1, 0.15) is 21.8 Å². The van der Waals surface area contributed by atoms with Crippen LogP contribution in [0.2, 0.25) is 0 Å². The monoisotopic (exact) mass is 371 g/mol. The summed E-state index contributed by atoms with van der Waals surface area (Å²) in [4.78, 5) is 32.1. The fourth-order valence-corrected chi connectivity index (χ4v) is 2.76. The van der Waals surface area contributed by atoms with Gasteiger partial charge in [0.25, 0.3) is 5.69 Å². The summed E-state index contributed by atoms with van der Waals surface area (Å²) in [5, 5.41) is 11.1. The molecule has 0 spiro atoms. The molecular formula is C21H13N3O4. The average Bonchev–Trinajstić information content (AvgIpc) is 3.16. The average molecular weight is 371 g/mol. The van der Waals surface area contributed by atoms with Gasteiger partial charge in [-0.3, -0.25) is 19.9 Å². The van der Waals surface area contributed by atoms with Gasteiger partial charge in [-0.15, -0.1) is 0 Å². The summed E-state index contributed by atoms with van der Waals surface area (Å²) in [5.41, 5.74) is 2.12. The van der Waals surface area contributed by atoms with Crippen LogP contribution in [0.5, 0.6) is 0 Å². The minimum absolute atomic E-state index is 0.0699. The maximum atomic E-state index is 13.1. The van der Waals surface area contributed by atoms with E-state index in [0.29, 0.717) is 22.2 Å². The van der Waals surface area contributed by atoms with Crippen LogP contribution in [0.4, 0.5) is 5.69 Å². The number of oxazole rings is 1. The molecule has 2 heterocycles. The highest BCUT2D eigenvalue weighted by Gasteiger charge is 2.20. The number of carbonyl (C=O) groups is 1. The predicted octanol–water partition coefficient (Wildman–Crippen LogP) is 4.55. The molecule has 7 nitrogen and oxygen atoms in total. The lowest BCUT2D eigenvalue weighted by atomic mass is 10.0. The van der Waals surface area contributed by atoms with Crippen molar-refractivity contribution < 1.29 is 14.1 Å². The topological polar surface area (TPSA) is 99.1 Å². The molecule has 2 aromatic carbocycles. The van der Waals surface area contributed by atoms with Gasteiger partial charge in [-0.2, -0.15) is 0 Å². The number of carbonyl (C=O) groups excluding carboxylic acids is 1. The number of fused-ring (bicyclic) bond motifs is 1. The molecule has 28 heavy (non-hydrogen) atoms. The van der Waals surface area contributed by atoms with Crippen molar-refractivity contribution in [1.29, 1.82) is 0 Å². The molecule has 4 rings (SSSR count). The van der Waals surface area contributed by atoms with Crippen LogP contribution >= 0.6 is 0 Å². The first-order valence-corrected chi connectivity index (χ1v) is 8.38. The third kappa shape index (κ3) is 3.41. The molecule has 0 saturated heterocycles. The lowest BCUT2D eigenvalue weighted by Crippen LogP contribution is -2.03. The SMILES string of the molecule is O=C(/C(=C\c1cccc([N+](=O)[O-])c1)c1nc2ccccc2o1)c1cccnc1. The molecule has 0 atom stereocenters. The van der Waals surface area contributed by atoms with Crippen molar-refractivity contribution >= 4 is 34.2 Å². The highest BCUT2D eigenvalue weighted by atomic mass is 16.6. The number of pyridine rings is 1. The van der Waals surface area contributed by atoms with Crippen LogP contribution in [-0.2, 0) is 0 Å². The molecule has 0 bridgehead atoms. The Bertz CT molecular complexity index is 1180. The number of hydrogen-bond donors (Lipinski definition) is 0. The fraction of sp³-hybridized carbons (Fsp3) is 0. The van der Waals surface area contributed by atoms with Gasteiger partial charge < -0.3 is 4.42 Å². The molecule has 2 aromatic heterocycles. The van der Waals surface area contributed by atoms with Gasteiger partial charge in [0.1, 0.15) is 5.52 Å². The predicted molar refractivity (Wildman–Crippen MR) is 104 cm³/mol. The van der Waals surface area contributed by atoms with Crippen molar-refractivity contribution in [2.75, 3.05) is 0 Å². The fourth-order valence-electron chi connectivity index (χ4n) is 2.76. The van der Waals surface area contributed by atoms with Crippen LogP contribution < -0.4 is 0 Å². The Morgan fingerprint density at radius 1 is 1.07 bits per heavy atom. The molecule has 4 aromatic rings. The summed E-state index contributed by atoms with van der Waals surface area (Å²) < 4.78 is 5.77. The number of nitro groups is 1. The number of rotatable bonds is 5. The Labute approximate surface area is 159 Å². The van der Waals surface area contributed by atoms with E-state index in [2.05, 4.69) is 9.97 Å². The maximum absolute atomic E-state index is 13.1. The van der Waals surface area contributed by atoms with E-state index in [-0.39, 0.29) is 22.9 Å². The van der Waals surface area contributed by atoms with E-state index in [1.165, 1.54) is 24.4 Å². The first-order chi connectivity index (χ1) is 13.6. The maximum Gasteiger partial charge on any atom is 0.270 e. The van der Waals surface area contributed by atoms with Crippen LogP contribution in [0, 0.1) is 10.1 Å². The lowest BCUT2D eigenvalue weighted by Gasteiger charge is -2.04. The third-order valence-electron chi connectivity index (χ3n) is 4.08. The molecule has 0 saturated carbocycles. The van der Waals surface area contributed by atoms with Crippen LogP contribution in [0.15, 0.2) is 77.5 Å². The van der Waals surface area contributed by atoms with E-state index < -0.39 is 4.92 Å². The quantitative estimate of drug-likeness (QED) is 0.221. The zero-order valence-electron chi connectivity index (χ0n) is 14.5. The molecule has 0 aliphatic heterocycles. The number of ketones is 1. The summed E-state index contributed by atoms with van der Waals surface area (Å²) in [7, 11) is 0. The van der Waals surface area contributed by atoms with E-state index in [0.717, 1.165) is 0 Å². The molecule has 0 amide bonds. The smallest absolute Gasteiger partial charge is 0.270 e. The number of para-hydroxylation sites is 2. The summed E-state index contributed by atoms with van der Waals surface area (Å²) in [6.45, 7) is 0. The van der Waals surface area contributed by atoms with Gasteiger partial charge in [-0.25, -0.2) is 4.98 Å². The van der Waals surface area contributed by atoms with Crippen molar-refractivity contribution in [1.82, 2.24) is 9.97 Å². The number of benzene rings is 2. The highest BCUT2D eigenvalue weighted by Crippen LogP contribution is 2.27. The van der Waals surface area contributed by atoms with E-state index in [9.17, 15) is 14.9 Å². The second kappa shape index (κ2) is 7.24. The number of Topliss-reactive ketones (excluding diaryl/α,β-unsaturated/α-hetero) is 1. The number of nitro benzene ring substituents is 1. The Balaban J connectivity index is 1.87. The Kier molecular flexibility index (Phi) is 4.47. The normalized spacial score (nSPS) is 11.5. The molecule has 7 heteroatoms. The molecule has 0 unspecified atom stereocenters. The number of nitrogens with zero attached hydrogens (tertiary/aromatic N) is 3. The van der Waals surface area contributed by atoms with Crippen molar-refractivity contribution in [3.05, 3.63) is 100 Å². The molecule has 0 fully saturated rings. The first kappa shape index (κ1) is 17.3. The summed E-state index contributed by atoms with van der Waals surface area (Å²) in [6, 6.07) is 16.5. The molecular weight excluding hydrogens is 358 g/mol. The zero-order valence-corrected chi connectivity index (χ0v) is 14.5.